The first-order valence-electron chi connectivity index (χ1n) is 5.58. The van der Waals surface area contributed by atoms with Crippen LogP contribution in [0.4, 0.5) is 0 Å². The molecule has 1 rings (SSSR count). The largest absolute Gasteiger partial charge is 0.461 e. The van der Waals surface area contributed by atoms with E-state index in [2.05, 4.69) is 21.2 Å². The summed E-state index contributed by atoms with van der Waals surface area (Å²) in [4.78, 5) is 33.5. The van der Waals surface area contributed by atoms with Crippen LogP contribution in [0.2, 0.25) is 0 Å². The third-order valence-electron chi connectivity index (χ3n) is 2.12. The molecule has 0 saturated carbocycles. The maximum absolute atomic E-state index is 11.5. The third kappa shape index (κ3) is 4.05. The lowest BCUT2D eigenvalue weighted by molar-refractivity contribution is -0.128. The predicted octanol–water partition coefficient (Wildman–Crippen LogP) is -1.07. The van der Waals surface area contributed by atoms with Gasteiger partial charge in [0.05, 0.1) is 12.3 Å². The first-order chi connectivity index (χ1) is 8.95. The topological polar surface area (TPSA) is 115 Å². The van der Waals surface area contributed by atoms with Gasteiger partial charge >= 0.3 is 5.97 Å². The zero-order chi connectivity index (χ0) is 14.4. The van der Waals surface area contributed by atoms with Crippen LogP contribution < -0.4 is 10.9 Å². The van der Waals surface area contributed by atoms with Crippen molar-refractivity contribution in [3.63, 3.8) is 0 Å². The van der Waals surface area contributed by atoms with Gasteiger partial charge in [0.1, 0.15) is 6.54 Å². The summed E-state index contributed by atoms with van der Waals surface area (Å²) in [5, 5.41) is 7.33. The standard InChI is InChI=1S/C10H15N5O4/c1-4-19-10(18)9-6(2)15(14-13-9)5-8(17)12-11-7(3)16/h4-5H2,1-3H3,(H,11,16)(H,12,17). The van der Waals surface area contributed by atoms with Crippen molar-refractivity contribution in [2.24, 2.45) is 0 Å². The molecular formula is C10H15N5O4. The normalized spacial score (nSPS) is 9.84. The maximum Gasteiger partial charge on any atom is 0.360 e. The predicted molar refractivity (Wildman–Crippen MR) is 62.7 cm³/mol. The van der Waals surface area contributed by atoms with Gasteiger partial charge in [0, 0.05) is 6.92 Å². The average Bonchev–Trinajstić information content (AvgIpc) is 2.69. The van der Waals surface area contributed by atoms with Gasteiger partial charge in [-0.15, -0.1) is 5.10 Å². The monoisotopic (exact) mass is 269 g/mol. The molecule has 104 valence electrons. The smallest absolute Gasteiger partial charge is 0.360 e. The Kier molecular flexibility index (Phi) is 4.98. The molecule has 0 aliphatic carbocycles. The molecule has 19 heavy (non-hydrogen) atoms. The summed E-state index contributed by atoms with van der Waals surface area (Å²) in [7, 11) is 0. The van der Waals surface area contributed by atoms with Crippen LogP contribution in [0.3, 0.4) is 0 Å². The minimum absolute atomic E-state index is 0.0641. The molecule has 1 heterocycles. The highest BCUT2D eigenvalue weighted by atomic mass is 16.5. The van der Waals surface area contributed by atoms with Crippen molar-refractivity contribution in [1.29, 1.82) is 0 Å². The summed E-state index contributed by atoms with van der Waals surface area (Å²) in [6, 6.07) is 0. The second kappa shape index (κ2) is 6.47. The number of hydrogen-bond acceptors (Lipinski definition) is 6. The van der Waals surface area contributed by atoms with Crippen molar-refractivity contribution < 1.29 is 19.1 Å². The van der Waals surface area contributed by atoms with Crippen LogP contribution in [-0.4, -0.2) is 39.4 Å². The fourth-order valence-electron chi connectivity index (χ4n) is 1.23. The van der Waals surface area contributed by atoms with Gasteiger partial charge in [-0.3, -0.25) is 20.4 Å². The van der Waals surface area contributed by atoms with Crippen molar-refractivity contribution in [1.82, 2.24) is 25.8 Å². The van der Waals surface area contributed by atoms with Crippen LogP contribution in [0.15, 0.2) is 0 Å². The van der Waals surface area contributed by atoms with E-state index in [-0.39, 0.29) is 18.8 Å². The van der Waals surface area contributed by atoms with Crippen molar-refractivity contribution in [3.05, 3.63) is 11.4 Å². The Hall–Kier alpha value is -2.45. The van der Waals surface area contributed by atoms with Gasteiger partial charge in [0.25, 0.3) is 5.91 Å². The number of amides is 2. The SMILES string of the molecule is CCOC(=O)c1nnn(CC(=O)NNC(C)=O)c1C. The highest BCUT2D eigenvalue weighted by molar-refractivity contribution is 5.88. The summed E-state index contributed by atoms with van der Waals surface area (Å²) in [5.41, 5.74) is 4.80. The molecule has 9 nitrogen and oxygen atoms in total. The Labute approximate surface area is 109 Å². The van der Waals surface area contributed by atoms with E-state index in [9.17, 15) is 14.4 Å². The number of carbonyl (C=O) groups is 3. The maximum atomic E-state index is 11.5. The zero-order valence-corrected chi connectivity index (χ0v) is 10.9. The van der Waals surface area contributed by atoms with Crippen LogP contribution >= 0.6 is 0 Å². The summed E-state index contributed by atoms with van der Waals surface area (Å²) in [5.74, 6) is -1.47. The van der Waals surface area contributed by atoms with Gasteiger partial charge in [0.15, 0.2) is 5.69 Å². The van der Waals surface area contributed by atoms with Crippen LogP contribution in [0.25, 0.3) is 0 Å². The van der Waals surface area contributed by atoms with E-state index in [0.29, 0.717) is 5.69 Å². The van der Waals surface area contributed by atoms with E-state index in [1.54, 1.807) is 13.8 Å². The molecule has 0 unspecified atom stereocenters. The summed E-state index contributed by atoms with van der Waals surface area (Å²) in [6.07, 6.45) is 0. The Morgan fingerprint density at radius 3 is 2.58 bits per heavy atom. The number of carbonyl (C=O) groups excluding carboxylic acids is 3. The highest BCUT2D eigenvalue weighted by Gasteiger charge is 2.18. The number of hydrazine groups is 1. The quantitative estimate of drug-likeness (QED) is 0.531. The Morgan fingerprint density at radius 2 is 2.00 bits per heavy atom. The Bertz CT molecular complexity index is 496. The number of ether oxygens (including phenoxy) is 1. The van der Waals surface area contributed by atoms with Crippen LogP contribution in [0.5, 0.6) is 0 Å². The van der Waals surface area contributed by atoms with E-state index in [1.165, 1.54) is 11.6 Å². The van der Waals surface area contributed by atoms with Crippen molar-refractivity contribution in [3.8, 4) is 0 Å². The number of esters is 1. The lowest BCUT2D eigenvalue weighted by Gasteiger charge is -2.06. The molecule has 0 bridgehead atoms. The first kappa shape index (κ1) is 14.6. The molecule has 1 aromatic heterocycles. The lowest BCUT2D eigenvalue weighted by atomic mass is 10.3. The molecule has 0 spiro atoms. The molecule has 9 heteroatoms. The van der Waals surface area contributed by atoms with Gasteiger partial charge in [-0.25, -0.2) is 9.48 Å². The van der Waals surface area contributed by atoms with Gasteiger partial charge in [0.2, 0.25) is 5.91 Å². The molecule has 0 fully saturated rings. The molecule has 2 N–H and O–H groups in total. The van der Waals surface area contributed by atoms with Gasteiger partial charge in [-0.05, 0) is 13.8 Å². The minimum atomic E-state index is -0.589. The second-order valence-electron chi connectivity index (χ2n) is 3.63. The molecule has 0 atom stereocenters. The summed E-state index contributed by atoms with van der Waals surface area (Å²) >= 11 is 0. The molecule has 2 amide bonds. The van der Waals surface area contributed by atoms with Gasteiger partial charge in [-0.2, -0.15) is 0 Å². The Morgan fingerprint density at radius 1 is 1.32 bits per heavy atom. The Balaban J connectivity index is 2.67. The number of nitrogens with one attached hydrogen (secondary N) is 2. The van der Waals surface area contributed by atoms with Crippen LogP contribution in [0, 0.1) is 6.92 Å². The second-order valence-corrected chi connectivity index (χ2v) is 3.63. The molecule has 0 aliphatic heterocycles. The van der Waals surface area contributed by atoms with E-state index in [4.69, 9.17) is 4.74 Å². The number of rotatable bonds is 4. The molecule has 0 radical (unpaired) electrons. The third-order valence-corrected chi connectivity index (χ3v) is 2.12. The van der Waals surface area contributed by atoms with E-state index in [1.807, 2.05) is 0 Å². The van der Waals surface area contributed by atoms with E-state index >= 15 is 0 Å². The molecular weight excluding hydrogens is 254 g/mol. The summed E-state index contributed by atoms with van der Waals surface area (Å²) < 4.78 is 6.03. The van der Waals surface area contributed by atoms with Crippen LogP contribution in [0.1, 0.15) is 30.0 Å². The highest BCUT2D eigenvalue weighted by Crippen LogP contribution is 2.05. The fraction of sp³-hybridized carbons (Fsp3) is 0.500. The lowest BCUT2D eigenvalue weighted by Crippen LogP contribution is -2.42. The van der Waals surface area contributed by atoms with Crippen molar-refractivity contribution in [2.45, 2.75) is 27.3 Å². The average molecular weight is 269 g/mol. The van der Waals surface area contributed by atoms with Crippen molar-refractivity contribution in [2.75, 3.05) is 6.61 Å². The molecule has 0 saturated heterocycles. The van der Waals surface area contributed by atoms with Gasteiger partial charge < -0.3 is 4.74 Å². The number of hydrogen-bond donors (Lipinski definition) is 2. The number of aromatic nitrogens is 3. The van der Waals surface area contributed by atoms with E-state index in [0.717, 1.165) is 0 Å². The molecule has 0 aliphatic rings. The fourth-order valence-corrected chi connectivity index (χ4v) is 1.23. The molecule has 1 aromatic rings. The first-order valence-corrected chi connectivity index (χ1v) is 5.58. The minimum Gasteiger partial charge on any atom is -0.461 e. The van der Waals surface area contributed by atoms with Crippen molar-refractivity contribution >= 4 is 17.8 Å². The van der Waals surface area contributed by atoms with E-state index < -0.39 is 17.8 Å². The van der Waals surface area contributed by atoms with Crippen LogP contribution in [-0.2, 0) is 20.9 Å². The van der Waals surface area contributed by atoms with Gasteiger partial charge in [-0.1, -0.05) is 5.21 Å². The summed E-state index contributed by atoms with van der Waals surface area (Å²) in [6.45, 7) is 4.60. The number of nitrogens with zero attached hydrogens (tertiary/aromatic N) is 3. The zero-order valence-electron chi connectivity index (χ0n) is 10.9. The molecule has 0 aromatic carbocycles.